The number of nitrogens with zero attached hydrogens (tertiary/aromatic N) is 2. The lowest BCUT2D eigenvalue weighted by Gasteiger charge is -2.11. The molecule has 0 fully saturated rings. The van der Waals surface area contributed by atoms with Crippen molar-refractivity contribution in [3.63, 3.8) is 0 Å². The average molecular weight is 392 g/mol. The number of carboxylic acids is 1. The maximum absolute atomic E-state index is 12.2. The Bertz CT molecular complexity index is 534. The number of carbonyl (C=O) groups is 1. The number of nitro groups is 1. The van der Waals surface area contributed by atoms with E-state index in [-0.39, 0.29) is 9.13 Å². The van der Waals surface area contributed by atoms with Gasteiger partial charge in [-0.25, -0.2) is 0 Å². The zero-order valence-corrected chi connectivity index (χ0v) is 10.9. The first-order chi connectivity index (χ1) is 8.61. The number of rotatable bonds is 4. The second kappa shape index (κ2) is 5.54. The van der Waals surface area contributed by atoms with Gasteiger partial charge in [0.2, 0.25) is 5.75 Å². The maximum Gasteiger partial charge on any atom is 0.573 e. The third kappa shape index (κ3) is 4.18. The lowest BCUT2D eigenvalue weighted by molar-refractivity contribution is -0.393. The monoisotopic (exact) mass is 392 g/mol. The predicted octanol–water partition coefficient (Wildman–Crippen LogP) is 2.12. The van der Waals surface area contributed by atoms with Crippen LogP contribution in [0.3, 0.4) is 0 Å². The van der Waals surface area contributed by atoms with E-state index < -0.39 is 35.2 Å². The molecule has 1 heterocycles. The van der Waals surface area contributed by atoms with Crippen LogP contribution >= 0.6 is 22.6 Å². The fraction of sp³-hybridized carbons (Fsp3) is 0.250. The van der Waals surface area contributed by atoms with E-state index in [0.717, 1.165) is 6.20 Å². The maximum atomic E-state index is 12.2. The van der Waals surface area contributed by atoms with Crippen molar-refractivity contribution in [3.8, 4) is 5.75 Å². The van der Waals surface area contributed by atoms with Crippen LogP contribution in [0.1, 0.15) is 5.56 Å². The Morgan fingerprint density at radius 2 is 2.16 bits per heavy atom. The zero-order chi connectivity index (χ0) is 14.8. The van der Waals surface area contributed by atoms with Gasteiger partial charge in [0.1, 0.15) is 6.20 Å². The second-order valence-corrected chi connectivity index (χ2v) is 4.20. The molecule has 0 saturated heterocycles. The molecule has 0 aliphatic heterocycles. The van der Waals surface area contributed by atoms with Gasteiger partial charge in [-0.3, -0.25) is 4.79 Å². The topological polar surface area (TPSA) is 103 Å². The van der Waals surface area contributed by atoms with Crippen LogP contribution < -0.4 is 4.74 Å². The first kappa shape index (κ1) is 15.4. The van der Waals surface area contributed by atoms with E-state index in [1.54, 1.807) is 0 Å². The van der Waals surface area contributed by atoms with E-state index in [9.17, 15) is 28.1 Å². The Kier molecular flexibility index (Phi) is 4.49. The number of hydrogen-bond donors (Lipinski definition) is 1. The molecule has 0 atom stereocenters. The highest BCUT2D eigenvalue weighted by molar-refractivity contribution is 14.1. The Morgan fingerprint density at radius 1 is 1.58 bits per heavy atom. The van der Waals surface area contributed by atoms with E-state index >= 15 is 0 Å². The molecule has 0 aromatic carbocycles. The zero-order valence-electron chi connectivity index (χ0n) is 8.77. The van der Waals surface area contributed by atoms with Gasteiger partial charge in [-0.15, -0.1) is 13.2 Å². The summed E-state index contributed by atoms with van der Waals surface area (Å²) >= 11 is 1.34. The number of pyridine rings is 1. The third-order valence-electron chi connectivity index (χ3n) is 1.76. The van der Waals surface area contributed by atoms with Gasteiger partial charge in [-0.05, 0) is 32.5 Å². The van der Waals surface area contributed by atoms with E-state index in [0.29, 0.717) is 0 Å². The highest BCUT2D eigenvalue weighted by Gasteiger charge is 2.37. The number of alkyl halides is 3. The van der Waals surface area contributed by atoms with Crippen LogP contribution in [0.4, 0.5) is 19.0 Å². The average Bonchev–Trinajstić information content (AvgIpc) is 2.21. The van der Waals surface area contributed by atoms with E-state index in [1.807, 2.05) is 0 Å². The highest BCUT2D eigenvalue weighted by Crippen LogP contribution is 2.36. The smallest absolute Gasteiger partial charge is 0.481 e. The Labute approximate surface area is 116 Å². The van der Waals surface area contributed by atoms with Gasteiger partial charge >= 0.3 is 18.1 Å². The molecule has 1 rings (SSSR count). The Balaban J connectivity index is 3.35. The molecule has 11 heteroatoms. The normalized spacial score (nSPS) is 11.2. The van der Waals surface area contributed by atoms with Gasteiger partial charge in [-0.1, -0.05) is 0 Å². The summed E-state index contributed by atoms with van der Waals surface area (Å²) < 4.78 is 39.7. The van der Waals surface area contributed by atoms with Gasteiger partial charge < -0.3 is 20.0 Å². The van der Waals surface area contributed by atoms with Gasteiger partial charge in [-0.2, -0.15) is 0 Å². The van der Waals surface area contributed by atoms with E-state index in [2.05, 4.69) is 9.72 Å². The first-order valence-corrected chi connectivity index (χ1v) is 5.49. The van der Waals surface area contributed by atoms with Crippen LogP contribution in [0, 0.1) is 13.7 Å². The number of aliphatic carboxylic acids is 1. The molecule has 0 unspecified atom stereocenters. The fourth-order valence-electron chi connectivity index (χ4n) is 1.12. The minimum atomic E-state index is -5.14. The standard InChI is InChI=1S/C8H4F3IN2O5/c9-8(10,11)19-6-5(12)3(1-4(15)16)2-13-7(6)14(17)18/h2H,1H2,(H,15,16). The number of hydrogen-bond acceptors (Lipinski definition) is 5. The second-order valence-electron chi connectivity index (χ2n) is 3.13. The summed E-state index contributed by atoms with van der Waals surface area (Å²) in [5, 5.41) is 19.1. The highest BCUT2D eigenvalue weighted by atomic mass is 127. The van der Waals surface area contributed by atoms with Crippen LogP contribution in [0.25, 0.3) is 0 Å². The lowest BCUT2D eigenvalue weighted by atomic mass is 10.2. The summed E-state index contributed by atoms with van der Waals surface area (Å²) in [4.78, 5) is 23.1. The van der Waals surface area contributed by atoms with Gasteiger partial charge in [0.15, 0.2) is 0 Å². The molecule has 0 aliphatic carbocycles. The Hall–Kier alpha value is -1.66. The number of ether oxygens (including phenoxy) is 1. The molecule has 0 bridgehead atoms. The molecule has 0 spiro atoms. The predicted molar refractivity (Wildman–Crippen MR) is 61.6 cm³/mol. The van der Waals surface area contributed by atoms with Crippen LogP contribution in [-0.4, -0.2) is 27.3 Å². The molecule has 1 aromatic heterocycles. The van der Waals surface area contributed by atoms with Crippen molar-refractivity contribution in [2.45, 2.75) is 12.8 Å². The summed E-state index contributed by atoms with van der Waals surface area (Å²) in [5.41, 5.74) is -0.113. The minimum Gasteiger partial charge on any atom is -0.481 e. The van der Waals surface area contributed by atoms with Crippen LogP contribution in [0.15, 0.2) is 6.20 Å². The van der Waals surface area contributed by atoms with Crippen molar-refractivity contribution in [2.24, 2.45) is 0 Å². The van der Waals surface area contributed by atoms with Crippen molar-refractivity contribution in [2.75, 3.05) is 0 Å². The molecule has 7 nitrogen and oxygen atoms in total. The minimum absolute atomic E-state index is 0.113. The van der Waals surface area contributed by atoms with Crippen LogP contribution in [0.5, 0.6) is 5.75 Å². The van der Waals surface area contributed by atoms with Crippen molar-refractivity contribution in [3.05, 3.63) is 25.4 Å². The number of halogens is 4. The lowest BCUT2D eigenvalue weighted by Crippen LogP contribution is -2.20. The summed E-state index contributed by atoms with van der Waals surface area (Å²) in [6, 6.07) is 0. The fourth-order valence-corrected chi connectivity index (χ4v) is 1.80. The van der Waals surface area contributed by atoms with Gasteiger partial charge in [0, 0.05) is 5.56 Å². The third-order valence-corrected chi connectivity index (χ3v) is 2.94. The van der Waals surface area contributed by atoms with Gasteiger partial charge in [0.05, 0.1) is 9.99 Å². The van der Waals surface area contributed by atoms with Crippen LogP contribution in [-0.2, 0) is 11.2 Å². The molecule has 1 N–H and O–H groups in total. The molecule has 1 aromatic rings. The molecule has 0 saturated carbocycles. The summed E-state index contributed by atoms with van der Waals surface area (Å²) in [6.07, 6.45) is -4.94. The SMILES string of the molecule is O=C(O)Cc1cnc([N+](=O)[O-])c(OC(F)(F)F)c1I. The molecule has 19 heavy (non-hydrogen) atoms. The Morgan fingerprint density at radius 3 is 2.58 bits per heavy atom. The molecular weight excluding hydrogens is 388 g/mol. The molecule has 0 amide bonds. The van der Waals surface area contributed by atoms with Gasteiger partial charge in [0.25, 0.3) is 0 Å². The number of aromatic nitrogens is 1. The molecule has 0 radical (unpaired) electrons. The largest absolute Gasteiger partial charge is 0.573 e. The van der Waals surface area contributed by atoms with Crippen molar-refractivity contribution in [1.82, 2.24) is 4.98 Å². The van der Waals surface area contributed by atoms with Crippen molar-refractivity contribution in [1.29, 1.82) is 0 Å². The molecule has 104 valence electrons. The van der Waals surface area contributed by atoms with E-state index in [1.165, 1.54) is 22.6 Å². The van der Waals surface area contributed by atoms with Crippen molar-refractivity contribution >= 4 is 34.4 Å². The summed E-state index contributed by atoms with van der Waals surface area (Å²) in [5.74, 6) is -3.56. The number of carboxylic acid groups (broad SMARTS) is 1. The molecular formula is C8H4F3IN2O5. The summed E-state index contributed by atoms with van der Waals surface area (Å²) in [6.45, 7) is 0. The first-order valence-electron chi connectivity index (χ1n) is 4.41. The quantitative estimate of drug-likeness (QED) is 0.479. The van der Waals surface area contributed by atoms with Crippen molar-refractivity contribution < 1.29 is 32.7 Å². The summed E-state index contributed by atoms with van der Waals surface area (Å²) in [7, 11) is 0. The van der Waals surface area contributed by atoms with E-state index in [4.69, 9.17) is 5.11 Å². The molecule has 0 aliphatic rings. The van der Waals surface area contributed by atoms with Crippen LogP contribution in [0.2, 0.25) is 0 Å².